The zero-order valence-electron chi connectivity index (χ0n) is 18.5. The molecular formula is C27H22N2O3S. The topological polar surface area (TPSA) is 70.5 Å². The molecule has 1 aliphatic heterocycles. The summed E-state index contributed by atoms with van der Waals surface area (Å²) in [6, 6.07) is 19.8. The standard InChI is InChI=1S/C27H22N2O3S/c1-15-9-11-18(12-10-15)23-21(24(30)19-7-5-4-6-8-19)25(31)26(32)29(23)27-28-22-17(3)13-16(2)14-20(22)33-27/h4-14,23,30H,1-3H3/t23-/m1/s1. The van der Waals surface area contributed by atoms with Gasteiger partial charge in [0.25, 0.3) is 5.78 Å². The molecule has 5 rings (SSSR count). The van der Waals surface area contributed by atoms with Gasteiger partial charge in [0.15, 0.2) is 5.13 Å². The highest BCUT2D eigenvalue weighted by Gasteiger charge is 2.48. The number of fused-ring (bicyclic) bond motifs is 1. The molecular weight excluding hydrogens is 432 g/mol. The Morgan fingerprint density at radius 2 is 1.64 bits per heavy atom. The van der Waals surface area contributed by atoms with Crippen LogP contribution in [0.4, 0.5) is 5.13 Å². The number of hydrogen-bond donors (Lipinski definition) is 1. The van der Waals surface area contributed by atoms with Crippen molar-refractivity contribution in [1.29, 1.82) is 0 Å². The number of ketones is 1. The number of anilines is 1. The Morgan fingerprint density at radius 1 is 0.939 bits per heavy atom. The van der Waals surface area contributed by atoms with Gasteiger partial charge >= 0.3 is 5.91 Å². The van der Waals surface area contributed by atoms with E-state index in [9.17, 15) is 14.7 Å². The molecule has 0 saturated carbocycles. The molecule has 0 bridgehead atoms. The average molecular weight is 455 g/mol. The number of aliphatic hydroxyl groups is 1. The number of rotatable bonds is 3. The lowest BCUT2D eigenvalue weighted by Gasteiger charge is -2.23. The van der Waals surface area contributed by atoms with Crippen LogP contribution in [0.1, 0.15) is 33.9 Å². The molecule has 1 fully saturated rings. The van der Waals surface area contributed by atoms with Crippen molar-refractivity contribution >= 4 is 44.1 Å². The fraction of sp³-hybridized carbons (Fsp3) is 0.148. The van der Waals surface area contributed by atoms with Crippen LogP contribution in [0.3, 0.4) is 0 Å². The highest BCUT2D eigenvalue weighted by atomic mass is 32.1. The molecule has 0 aliphatic carbocycles. The van der Waals surface area contributed by atoms with Crippen LogP contribution in [-0.4, -0.2) is 21.8 Å². The van der Waals surface area contributed by atoms with E-state index in [1.165, 1.54) is 16.2 Å². The van der Waals surface area contributed by atoms with Gasteiger partial charge in [0, 0.05) is 5.56 Å². The van der Waals surface area contributed by atoms with Crippen LogP contribution in [0.15, 0.2) is 72.3 Å². The Morgan fingerprint density at radius 3 is 2.33 bits per heavy atom. The Hall–Kier alpha value is -3.77. The van der Waals surface area contributed by atoms with E-state index in [0.717, 1.165) is 32.5 Å². The second-order valence-electron chi connectivity index (χ2n) is 8.37. The summed E-state index contributed by atoms with van der Waals surface area (Å²) >= 11 is 1.38. The molecule has 1 amide bonds. The molecule has 6 heteroatoms. The van der Waals surface area contributed by atoms with Crippen LogP contribution >= 0.6 is 11.3 Å². The Bertz CT molecular complexity index is 1440. The van der Waals surface area contributed by atoms with Crippen molar-refractivity contribution < 1.29 is 14.7 Å². The molecule has 1 saturated heterocycles. The maximum atomic E-state index is 13.3. The minimum atomic E-state index is -0.771. The average Bonchev–Trinajstić information content (AvgIpc) is 3.33. The first-order chi connectivity index (χ1) is 15.8. The van der Waals surface area contributed by atoms with Crippen molar-refractivity contribution in [2.24, 2.45) is 0 Å². The van der Waals surface area contributed by atoms with E-state index < -0.39 is 17.7 Å². The number of aromatic nitrogens is 1. The number of amides is 1. The second-order valence-corrected chi connectivity index (χ2v) is 9.38. The fourth-order valence-corrected chi connectivity index (χ4v) is 5.48. The number of aryl methyl sites for hydroxylation is 3. The molecule has 5 nitrogen and oxygen atoms in total. The van der Waals surface area contributed by atoms with Gasteiger partial charge in [-0.2, -0.15) is 0 Å². The Kier molecular flexibility index (Phi) is 5.10. The molecule has 2 heterocycles. The number of carbonyl (C=O) groups excluding carboxylic acids is 2. The van der Waals surface area contributed by atoms with Crippen molar-refractivity contribution in [3.63, 3.8) is 0 Å². The smallest absolute Gasteiger partial charge is 0.301 e. The monoisotopic (exact) mass is 454 g/mol. The van der Waals surface area contributed by atoms with Crippen molar-refractivity contribution in [2.75, 3.05) is 4.90 Å². The number of benzene rings is 3. The first-order valence-corrected chi connectivity index (χ1v) is 11.5. The van der Waals surface area contributed by atoms with E-state index in [2.05, 4.69) is 0 Å². The predicted molar refractivity (Wildman–Crippen MR) is 131 cm³/mol. The van der Waals surface area contributed by atoms with Gasteiger partial charge in [-0.05, 0) is 43.5 Å². The van der Waals surface area contributed by atoms with Crippen LogP contribution in [0.5, 0.6) is 0 Å². The normalized spacial score (nSPS) is 17.8. The molecule has 0 unspecified atom stereocenters. The van der Waals surface area contributed by atoms with Gasteiger partial charge in [0.1, 0.15) is 5.76 Å². The van der Waals surface area contributed by atoms with Crippen LogP contribution < -0.4 is 4.90 Å². The van der Waals surface area contributed by atoms with Crippen LogP contribution in [0.2, 0.25) is 0 Å². The molecule has 1 aliphatic rings. The summed E-state index contributed by atoms with van der Waals surface area (Å²) in [4.78, 5) is 32.8. The van der Waals surface area contributed by atoms with Crippen LogP contribution in [0.25, 0.3) is 16.0 Å². The third-order valence-corrected chi connectivity index (χ3v) is 6.91. The molecule has 1 N–H and O–H groups in total. The van der Waals surface area contributed by atoms with E-state index in [0.29, 0.717) is 10.7 Å². The maximum absolute atomic E-state index is 13.3. The summed E-state index contributed by atoms with van der Waals surface area (Å²) in [7, 11) is 0. The highest BCUT2D eigenvalue weighted by molar-refractivity contribution is 7.22. The second kappa shape index (κ2) is 7.98. The van der Waals surface area contributed by atoms with Gasteiger partial charge in [-0.3, -0.25) is 14.5 Å². The van der Waals surface area contributed by atoms with Crippen molar-refractivity contribution in [3.05, 3.63) is 100 Å². The predicted octanol–water partition coefficient (Wildman–Crippen LogP) is 5.85. The SMILES string of the molecule is Cc1ccc([C@@H]2C(=C(O)c3ccccc3)C(=O)C(=O)N2c2nc3c(C)cc(C)cc3s2)cc1. The third kappa shape index (κ3) is 3.52. The van der Waals surface area contributed by atoms with Gasteiger partial charge in [-0.1, -0.05) is 77.6 Å². The molecule has 0 spiro atoms. The van der Waals surface area contributed by atoms with Gasteiger partial charge < -0.3 is 5.11 Å². The largest absolute Gasteiger partial charge is 0.507 e. The summed E-state index contributed by atoms with van der Waals surface area (Å²) in [5.74, 6) is -1.59. The van der Waals surface area contributed by atoms with Gasteiger partial charge in [0.2, 0.25) is 0 Å². The van der Waals surface area contributed by atoms with Crippen molar-refractivity contribution in [1.82, 2.24) is 4.98 Å². The quantitative estimate of drug-likeness (QED) is 0.240. The molecule has 0 radical (unpaired) electrons. The summed E-state index contributed by atoms with van der Waals surface area (Å²) in [5, 5.41) is 11.6. The van der Waals surface area contributed by atoms with Gasteiger partial charge in [-0.15, -0.1) is 0 Å². The third-order valence-electron chi connectivity index (χ3n) is 5.91. The number of carbonyl (C=O) groups is 2. The Labute approximate surface area is 195 Å². The van der Waals surface area contributed by atoms with Gasteiger partial charge in [0.05, 0.1) is 21.8 Å². The highest BCUT2D eigenvalue weighted by Crippen LogP contribution is 2.44. The first kappa shape index (κ1) is 21.1. The molecule has 164 valence electrons. The molecule has 3 aromatic carbocycles. The lowest BCUT2D eigenvalue weighted by atomic mass is 9.95. The summed E-state index contributed by atoms with van der Waals surface area (Å²) in [6.45, 7) is 5.98. The number of aliphatic hydroxyl groups excluding tert-OH is 1. The Balaban J connectivity index is 1.75. The lowest BCUT2D eigenvalue weighted by Crippen LogP contribution is -2.29. The number of nitrogens with zero attached hydrogens (tertiary/aromatic N) is 2. The summed E-state index contributed by atoms with van der Waals surface area (Å²) in [6.07, 6.45) is 0. The maximum Gasteiger partial charge on any atom is 0.301 e. The number of Topliss-reactive ketones (excluding diaryl/α,β-unsaturated/α-hetero) is 1. The van der Waals surface area contributed by atoms with E-state index in [-0.39, 0.29) is 11.3 Å². The van der Waals surface area contributed by atoms with E-state index in [1.807, 2.05) is 63.2 Å². The van der Waals surface area contributed by atoms with E-state index in [1.54, 1.807) is 24.3 Å². The zero-order chi connectivity index (χ0) is 23.3. The van der Waals surface area contributed by atoms with Crippen molar-refractivity contribution in [3.8, 4) is 0 Å². The van der Waals surface area contributed by atoms with Crippen molar-refractivity contribution in [2.45, 2.75) is 26.8 Å². The van der Waals surface area contributed by atoms with E-state index >= 15 is 0 Å². The van der Waals surface area contributed by atoms with Gasteiger partial charge in [-0.25, -0.2) is 4.98 Å². The fourth-order valence-electron chi connectivity index (χ4n) is 4.31. The minimum Gasteiger partial charge on any atom is -0.507 e. The lowest BCUT2D eigenvalue weighted by molar-refractivity contribution is -0.132. The van der Waals surface area contributed by atoms with E-state index in [4.69, 9.17) is 4.98 Å². The minimum absolute atomic E-state index is 0.0715. The summed E-state index contributed by atoms with van der Waals surface area (Å²) in [5.41, 5.74) is 5.30. The molecule has 1 aromatic heterocycles. The van der Waals surface area contributed by atoms with Crippen LogP contribution in [0, 0.1) is 20.8 Å². The molecule has 4 aromatic rings. The summed E-state index contributed by atoms with van der Waals surface area (Å²) < 4.78 is 0.954. The number of hydrogen-bond acceptors (Lipinski definition) is 5. The zero-order valence-corrected chi connectivity index (χ0v) is 19.3. The molecule has 33 heavy (non-hydrogen) atoms. The first-order valence-electron chi connectivity index (χ1n) is 10.7. The number of thiazole rings is 1. The molecule has 1 atom stereocenters. The van der Waals surface area contributed by atoms with Crippen LogP contribution in [-0.2, 0) is 9.59 Å².